The summed E-state index contributed by atoms with van der Waals surface area (Å²) in [6, 6.07) is -0.849. The van der Waals surface area contributed by atoms with E-state index < -0.39 is 60.8 Å². The zero-order valence-electron chi connectivity index (χ0n) is 16.7. The van der Waals surface area contributed by atoms with Crippen LogP contribution in [0.5, 0.6) is 0 Å². The summed E-state index contributed by atoms with van der Waals surface area (Å²) in [6.07, 6.45) is -2.33. The Hall–Kier alpha value is -3.27. The summed E-state index contributed by atoms with van der Waals surface area (Å²) in [6.45, 7) is 4.60. The zero-order valence-corrected chi connectivity index (χ0v) is 16.7. The van der Waals surface area contributed by atoms with Crippen LogP contribution in [0.25, 0.3) is 10.4 Å². The van der Waals surface area contributed by atoms with Crippen LogP contribution >= 0.6 is 0 Å². The van der Waals surface area contributed by atoms with Crippen molar-refractivity contribution in [3.63, 3.8) is 0 Å². The second-order valence-electron chi connectivity index (χ2n) is 6.18. The summed E-state index contributed by atoms with van der Waals surface area (Å²) in [5.74, 6) is -3.83. The minimum absolute atomic E-state index is 0.265. The number of carbonyl (C=O) groups excluding carboxylic acids is 4. The van der Waals surface area contributed by atoms with Gasteiger partial charge in [0, 0.05) is 31.6 Å². The molecule has 0 saturated carbocycles. The summed E-state index contributed by atoms with van der Waals surface area (Å²) in [7, 11) is 1.13. The van der Waals surface area contributed by atoms with Crippen molar-refractivity contribution in [3.05, 3.63) is 22.3 Å². The fourth-order valence-corrected chi connectivity index (χ4v) is 2.73. The van der Waals surface area contributed by atoms with Crippen LogP contribution in [0, 0.1) is 5.92 Å². The maximum absolute atomic E-state index is 12.0. The number of hydrogen-bond donors (Lipinski definition) is 0. The fraction of sp³-hybridized carbons (Fsp3) is 0.647. The molecule has 0 aromatic carbocycles. The van der Waals surface area contributed by atoms with Crippen LogP contribution in [0.3, 0.4) is 0 Å². The average Bonchev–Trinajstić information content (AvgIpc) is 2.64. The van der Waals surface area contributed by atoms with Gasteiger partial charge in [0.05, 0.1) is 13.2 Å². The summed E-state index contributed by atoms with van der Waals surface area (Å²) in [4.78, 5) is 49.2. The van der Waals surface area contributed by atoms with E-state index in [1.165, 1.54) is 6.08 Å². The molecule has 160 valence electrons. The third-order valence-electron chi connectivity index (χ3n) is 3.97. The summed E-state index contributed by atoms with van der Waals surface area (Å²) in [5.41, 5.74) is 8.82. The Balaban J connectivity index is 3.36. The Morgan fingerprint density at radius 1 is 1.17 bits per heavy atom. The second-order valence-corrected chi connectivity index (χ2v) is 6.18. The van der Waals surface area contributed by atoms with Gasteiger partial charge in [0.1, 0.15) is 12.7 Å². The van der Waals surface area contributed by atoms with E-state index in [1.54, 1.807) is 6.92 Å². The van der Waals surface area contributed by atoms with Crippen molar-refractivity contribution in [2.75, 3.05) is 13.7 Å². The summed E-state index contributed by atoms with van der Waals surface area (Å²) >= 11 is 0. The van der Waals surface area contributed by atoms with Crippen molar-refractivity contribution in [2.45, 2.75) is 52.0 Å². The molecule has 1 aliphatic heterocycles. The maximum Gasteiger partial charge on any atom is 0.372 e. The lowest BCUT2D eigenvalue weighted by molar-refractivity contribution is -0.189. The highest BCUT2D eigenvalue weighted by atomic mass is 16.6. The topological polar surface area (TPSA) is 163 Å². The first-order valence-electron chi connectivity index (χ1n) is 8.59. The summed E-state index contributed by atoms with van der Waals surface area (Å²) < 4.78 is 25.7. The normalized spacial score (nSPS) is 22.5. The molecule has 0 amide bonds. The number of hydrogen-bond acceptors (Lipinski definition) is 10. The molecular formula is C17H23N3O9. The number of methoxy groups -OCH3 is 1. The molecule has 0 aromatic heterocycles. The minimum Gasteiger partial charge on any atom is -0.479 e. The lowest BCUT2D eigenvalue weighted by atomic mass is 9.87. The van der Waals surface area contributed by atoms with Crippen molar-refractivity contribution in [1.29, 1.82) is 0 Å². The molecule has 1 aliphatic rings. The molecule has 1 rings (SSSR count). The predicted molar refractivity (Wildman–Crippen MR) is 94.8 cm³/mol. The van der Waals surface area contributed by atoms with Gasteiger partial charge >= 0.3 is 23.9 Å². The molecule has 0 fully saturated rings. The van der Waals surface area contributed by atoms with Crippen LogP contribution in [-0.2, 0) is 42.9 Å². The standard InChI is InChI=1S/C17H23N3O9/c1-8-12(19-20-18)6-13(17(24)25-5)29-15(8)16(28-11(4)23)14(27-10(3)22)7-26-9(2)21/h6,8,12,14-16H,7H2,1-5H3/t8-,12+,14-,15-,16-/m1/s1. The quantitative estimate of drug-likeness (QED) is 0.187. The van der Waals surface area contributed by atoms with Crippen molar-refractivity contribution >= 4 is 23.9 Å². The van der Waals surface area contributed by atoms with Crippen LogP contribution in [0.15, 0.2) is 16.9 Å². The molecule has 0 spiro atoms. The number of ether oxygens (including phenoxy) is 5. The summed E-state index contributed by atoms with van der Waals surface area (Å²) in [5, 5.41) is 3.62. The van der Waals surface area contributed by atoms with Crippen LogP contribution in [-0.4, -0.2) is 61.9 Å². The first-order valence-corrected chi connectivity index (χ1v) is 8.59. The van der Waals surface area contributed by atoms with Crippen LogP contribution < -0.4 is 0 Å². The van der Waals surface area contributed by atoms with E-state index in [-0.39, 0.29) is 5.76 Å². The van der Waals surface area contributed by atoms with Gasteiger partial charge in [-0.05, 0) is 11.6 Å². The molecule has 0 radical (unpaired) electrons. The van der Waals surface area contributed by atoms with Gasteiger partial charge in [0.15, 0.2) is 12.2 Å². The molecule has 0 aromatic rings. The highest BCUT2D eigenvalue weighted by molar-refractivity contribution is 5.86. The van der Waals surface area contributed by atoms with Gasteiger partial charge in [0.2, 0.25) is 5.76 Å². The number of nitrogens with zero attached hydrogens (tertiary/aromatic N) is 3. The molecule has 0 N–H and O–H groups in total. The van der Waals surface area contributed by atoms with E-state index in [2.05, 4.69) is 14.8 Å². The number of azide groups is 1. The number of carbonyl (C=O) groups is 4. The van der Waals surface area contributed by atoms with Crippen LogP contribution in [0.4, 0.5) is 0 Å². The maximum atomic E-state index is 12.0. The van der Waals surface area contributed by atoms with Gasteiger partial charge in [0.25, 0.3) is 0 Å². The number of esters is 4. The molecule has 29 heavy (non-hydrogen) atoms. The Morgan fingerprint density at radius 3 is 2.28 bits per heavy atom. The average molecular weight is 413 g/mol. The van der Waals surface area contributed by atoms with E-state index in [0.29, 0.717) is 0 Å². The first-order chi connectivity index (χ1) is 13.6. The third kappa shape index (κ3) is 7.00. The Labute approximate surface area is 166 Å². The molecule has 5 atom stereocenters. The highest BCUT2D eigenvalue weighted by Crippen LogP contribution is 2.31. The molecule has 0 aliphatic carbocycles. The molecule has 0 bridgehead atoms. The predicted octanol–water partition coefficient (Wildman–Crippen LogP) is 1.18. The molecule has 1 heterocycles. The molecular weight excluding hydrogens is 390 g/mol. The van der Waals surface area contributed by atoms with Crippen molar-refractivity contribution in [1.82, 2.24) is 0 Å². The zero-order chi connectivity index (χ0) is 22.1. The first kappa shape index (κ1) is 23.8. The van der Waals surface area contributed by atoms with Gasteiger partial charge in [-0.3, -0.25) is 14.4 Å². The third-order valence-corrected chi connectivity index (χ3v) is 3.97. The number of rotatable bonds is 8. The SMILES string of the molecule is COC(=O)C1=C[C@H](N=[N+]=[N-])[C@@H](C)[C@H]([C@H](OC(C)=O)[C@@H](COC(C)=O)OC(C)=O)O1. The minimum atomic E-state index is -1.28. The van der Waals surface area contributed by atoms with Crippen molar-refractivity contribution < 1.29 is 42.9 Å². The van der Waals surface area contributed by atoms with Crippen molar-refractivity contribution in [2.24, 2.45) is 11.0 Å². The molecule has 12 heteroatoms. The van der Waals surface area contributed by atoms with Gasteiger partial charge < -0.3 is 23.7 Å². The molecule has 0 unspecified atom stereocenters. The van der Waals surface area contributed by atoms with Gasteiger partial charge in [-0.2, -0.15) is 0 Å². The van der Waals surface area contributed by atoms with Crippen LogP contribution in [0.2, 0.25) is 0 Å². The smallest absolute Gasteiger partial charge is 0.372 e. The van der Waals surface area contributed by atoms with Gasteiger partial charge in [-0.1, -0.05) is 12.0 Å². The molecule has 0 saturated heterocycles. The van der Waals surface area contributed by atoms with E-state index in [4.69, 9.17) is 24.5 Å². The van der Waals surface area contributed by atoms with Crippen LogP contribution in [0.1, 0.15) is 27.7 Å². The van der Waals surface area contributed by atoms with Gasteiger partial charge in [-0.25, -0.2) is 4.79 Å². The second kappa shape index (κ2) is 10.9. The van der Waals surface area contributed by atoms with E-state index in [0.717, 1.165) is 27.9 Å². The largest absolute Gasteiger partial charge is 0.479 e. The lowest BCUT2D eigenvalue weighted by Crippen LogP contribution is -2.52. The Bertz CT molecular complexity index is 730. The lowest BCUT2D eigenvalue weighted by Gasteiger charge is -2.39. The fourth-order valence-electron chi connectivity index (χ4n) is 2.73. The Morgan fingerprint density at radius 2 is 1.79 bits per heavy atom. The molecule has 12 nitrogen and oxygen atoms in total. The monoisotopic (exact) mass is 413 g/mol. The van der Waals surface area contributed by atoms with E-state index in [1.807, 2.05) is 0 Å². The highest BCUT2D eigenvalue weighted by Gasteiger charge is 2.45. The van der Waals surface area contributed by atoms with Gasteiger partial charge in [-0.15, -0.1) is 0 Å². The Kier molecular flexibility index (Phi) is 8.94. The van der Waals surface area contributed by atoms with E-state index in [9.17, 15) is 19.2 Å². The van der Waals surface area contributed by atoms with Crippen molar-refractivity contribution in [3.8, 4) is 0 Å². The van der Waals surface area contributed by atoms with E-state index >= 15 is 0 Å².